The summed E-state index contributed by atoms with van der Waals surface area (Å²) in [6.45, 7) is 1.46. The maximum absolute atomic E-state index is 12.3. The summed E-state index contributed by atoms with van der Waals surface area (Å²) < 4.78 is 5.18. The maximum Gasteiger partial charge on any atom is 0.318 e. The fraction of sp³-hybridized carbons (Fsp3) is 0.381. The van der Waals surface area contributed by atoms with Crippen LogP contribution in [0.1, 0.15) is 41.5 Å². The number of urea groups is 1. The highest BCUT2D eigenvalue weighted by atomic mass is 16.5. The molecule has 0 radical (unpaired) electrons. The first-order valence-electron chi connectivity index (χ1n) is 9.01. The van der Waals surface area contributed by atoms with Crippen LogP contribution in [0, 0.1) is 0 Å². The number of nitrogens with one attached hydrogen (secondary N) is 1. The van der Waals surface area contributed by atoms with Crippen molar-refractivity contribution in [1.29, 1.82) is 0 Å². The molecule has 1 heterocycles. The number of nitrogens with zero attached hydrogens (tertiary/aromatic N) is 1. The summed E-state index contributed by atoms with van der Waals surface area (Å²) in [5, 5.41) is 3.11. The van der Waals surface area contributed by atoms with Gasteiger partial charge < -0.3 is 15.0 Å². The summed E-state index contributed by atoms with van der Waals surface area (Å²) in [6.07, 6.45) is 3.49. The first kappa shape index (κ1) is 16.0. The zero-order valence-electron chi connectivity index (χ0n) is 14.6. The average molecular weight is 336 g/mol. The van der Waals surface area contributed by atoms with Crippen LogP contribution >= 0.6 is 0 Å². The van der Waals surface area contributed by atoms with Crippen LogP contribution in [-0.2, 0) is 6.42 Å². The van der Waals surface area contributed by atoms with Gasteiger partial charge in [-0.3, -0.25) is 0 Å². The molecule has 0 aromatic heterocycles. The smallest absolute Gasteiger partial charge is 0.318 e. The Labute approximate surface area is 148 Å². The van der Waals surface area contributed by atoms with E-state index in [2.05, 4.69) is 41.7 Å². The number of ether oxygens (including phenoxy) is 1. The first-order chi connectivity index (χ1) is 12.2. The second-order valence-electron chi connectivity index (χ2n) is 6.99. The van der Waals surface area contributed by atoms with Crippen LogP contribution in [0.3, 0.4) is 0 Å². The topological polar surface area (TPSA) is 41.6 Å². The molecule has 130 valence electrons. The lowest BCUT2D eigenvalue weighted by atomic mass is 10.0. The van der Waals surface area contributed by atoms with E-state index >= 15 is 0 Å². The van der Waals surface area contributed by atoms with Gasteiger partial charge in [-0.25, -0.2) is 4.79 Å². The van der Waals surface area contributed by atoms with Crippen molar-refractivity contribution in [2.45, 2.75) is 31.2 Å². The third kappa shape index (κ3) is 3.63. The molecule has 4 rings (SSSR count). The van der Waals surface area contributed by atoms with Crippen molar-refractivity contribution in [2.75, 3.05) is 20.2 Å². The predicted octanol–water partition coefficient (Wildman–Crippen LogP) is 3.88. The minimum Gasteiger partial charge on any atom is -0.497 e. The largest absolute Gasteiger partial charge is 0.497 e. The molecule has 25 heavy (non-hydrogen) atoms. The van der Waals surface area contributed by atoms with Crippen molar-refractivity contribution in [3.63, 3.8) is 0 Å². The molecular weight excluding hydrogens is 312 g/mol. The Morgan fingerprint density at radius 3 is 2.36 bits per heavy atom. The van der Waals surface area contributed by atoms with Gasteiger partial charge in [-0.1, -0.05) is 36.4 Å². The number of carbonyl (C=O) groups excluding carboxylic acids is 1. The maximum atomic E-state index is 12.3. The molecule has 1 atom stereocenters. The lowest BCUT2D eigenvalue weighted by Crippen LogP contribution is -2.30. The van der Waals surface area contributed by atoms with E-state index in [-0.39, 0.29) is 12.1 Å². The quantitative estimate of drug-likeness (QED) is 0.870. The molecule has 1 aliphatic carbocycles. The van der Waals surface area contributed by atoms with Crippen LogP contribution < -0.4 is 10.1 Å². The van der Waals surface area contributed by atoms with Crippen LogP contribution in [0.5, 0.6) is 5.75 Å². The van der Waals surface area contributed by atoms with Gasteiger partial charge in [0.15, 0.2) is 0 Å². The van der Waals surface area contributed by atoms with Crippen molar-refractivity contribution in [1.82, 2.24) is 10.2 Å². The third-order valence-corrected chi connectivity index (χ3v) is 5.20. The first-order valence-corrected chi connectivity index (χ1v) is 9.01. The molecule has 4 nitrogen and oxygen atoms in total. The second-order valence-corrected chi connectivity index (χ2v) is 6.99. The molecule has 1 aliphatic heterocycles. The highest BCUT2D eigenvalue weighted by Gasteiger charge is 2.30. The van der Waals surface area contributed by atoms with Gasteiger partial charge >= 0.3 is 6.03 Å². The molecule has 0 bridgehead atoms. The zero-order valence-corrected chi connectivity index (χ0v) is 14.6. The van der Waals surface area contributed by atoms with E-state index in [9.17, 15) is 4.79 Å². The van der Waals surface area contributed by atoms with Gasteiger partial charge in [-0.2, -0.15) is 0 Å². The molecule has 1 saturated carbocycles. The number of hydrogen-bond donors (Lipinski definition) is 1. The van der Waals surface area contributed by atoms with Gasteiger partial charge in [0.1, 0.15) is 5.75 Å². The predicted molar refractivity (Wildman–Crippen MR) is 98.0 cm³/mol. The monoisotopic (exact) mass is 336 g/mol. The van der Waals surface area contributed by atoms with Gasteiger partial charge in [-0.15, -0.1) is 0 Å². The number of carbonyl (C=O) groups is 1. The fourth-order valence-corrected chi connectivity index (χ4v) is 3.44. The number of methoxy groups -OCH3 is 1. The summed E-state index contributed by atoms with van der Waals surface area (Å²) in [5.41, 5.74) is 3.85. The fourth-order valence-electron chi connectivity index (χ4n) is 3.44. The number of hydrogen-bond acceptors (Lipinski definition) is 2. The molecule has 2 aromatic carbocycles. The van der Waals surface area contributed by atoms with Crippen molar-refractivity contribution >= 4 is 6.03 Å². The summed E-state index contributed by atoms with van der Waals surface area (Å²) in [4.78, 5) is 14.2. The van der Waals surface area contributed by atoms with Crippen LogP contribution in [0.4, 0.5) is 4.79 Å². The van der Waals surface area contributed by atoms with E-state index in [4.69, 9.17) is 4.74 Å². The summed E-state index contributed by atoms with van der Waals surface area (Å²) >= 11 is 0. The van der Waals surface area contributed by atoms with Crippen LogP contribution in [0.15, 0.2) is 48.5 Å². The van der Waals surface area contributed by atoms with Gasteiger partial charge in [0.05, 0.1) is 13.2 Å². The lowest BCUT2D eigenvalue weighted by molar-refractivity contribution is 0.218. The van der Waals surface area contributed by atoms with E-state index in [0.29, 0.717) is 0 Å². The molecule has 2 fully saturated rings. The number of benzene rings is 2. The van der Waals surface area contributed by atoms with E-state index in [0.717, 1.165) is 31.2 Å². The highest BCUT2D eigenvalue weighted by Crippen LogP contribution is 2.40. The zero-order chi connectivity index (χ0) is 17.2. The summed E-state index contributed by atoms with van der Waals surface area (Å²) in [5.74, 6) is 1.63. The van der Waals surface area contributed by atoms with Crippen molar-refractivity contribution in [3.8, 4) is 5.75 Å². The minimum atomic E-state index is 0.0322. The van der Waals surface area contributed by atoms with Gasteiger partial charge in [0, 0.05) is 13.1 Å². The number of amides is 2. The molecule has 0 spiro atoms. The van der Waals surface area contributed by atoms with Crippen LogP contribution in [0.2, 0.25) is 0 Å². The molecule has 1 saturated heterocycles. The van der Waals surface area contributed by atoms with E-state index in [1.807, 2.05) is 17.0 Å². The Balaban J connectivity index is 1.34. The molecular formula is C21H24N2O2. The van der Waals surface area contributed by atoms with Crippen molar-refractivity contribution in [2.24, 2.45) is 0 Å². The lowest BCUT2D eigenvalue weighted by Gasteiger charge is -2.15. The van der Waals surface area contributed by atoms with E-state index in [1.54, 1.807) is 7.11 Å². The van der Waals surface area contributed by atoms with E-state index in [1.165, 1.54) is 29.5 Å². The van der Waals surface area contributed by atoms with Gasteiger partial charge in [-0.05, 0) is 54.0 Å². The Kier molecular flexibility index (Phi) is 4.35. The molecule has 4 heteroatoms. The summed E-state index contributed by atoms with van der Waals surface area (Å²) in [6, 6.07) is 17.0. The molecule has 1 N–H and O–H groups in total. The molecule has 2 aromatic rings. The van der Waals surface area contributed by atoms with Crippen molar-refractivity contribution in [3.05, 3.63) is 65.2 Å². The number of rotatable bonds is 6. The third-order valence-electron chi connectivity index (χ3n) is 5.20. The minimum absolute atomic E-state index is 0.0322. The normalized spacial score (nSPS) is 19.8. The second kappa shape index (κ2) is 6.79. The van der Waals surface area contributed by atoms with Gasteiger partial charge in [0.25, 0.3) is 0 Å². The van der Waals surface area contributed by atoms with Crippen molar-refractivity contribution < 1.29 is 9.53 Å². The van der Waals surface area contributed by atoms with Crippen LogP contribution in [-0.4, -0.2) is 31.1 Å². The SMILES string of the molecule is COc1ccc(CCN2CC(c3ccc(C4CC4)cc3)NC2=O)cc1. The molecule has 2 aliphatic rings. The van der Waals surface area contributed by atoms with Gasteiger partial charge in [0.2, 0.25) is 0 Å². The Morgan fingerprint density at radius 2 is 1.72 bits per heavy atom. The molecule has 2 amide bonds. The van der Waals surface area contributed by atoms with E-state index < -0.39 is 0 Å². The Hall–Kier alpha value is -2.49. The summed E-state index contributed by atoms with van der Waals surface area (Å²) in [7, 11) is 1.67. The standard InChI is InChI=1S/C21H24N2O2/c1-25-19-10-2-15(3-11-19)12-13-23-14-20(22-21(23)24)18-8-6-17(7-9-18)16-4-5-16/h2-3,6-11,16,20H,4-5,12-14H2,1H3,(H,22,24). The Bertz CT molecular complexity index is 735. The van der Waals surface area contributed by atoms with Crippen LogP contribution in [0.25, 0.3) is 0 Å². The Morgan fingerprint density at radius 1 is 1.04 bits per heavy atom. The highest BCUT2D eigenvalue weighted by molar-refractivity contribution is 5.77. The molecule has 1 unspecified atom stereocenters. The average Bonchev–Trinajstić information content (AvgIpc) is 3.44.